The molecule has 7 unspecified atom stereocenters. The van der Waals surface area contributed by atoms with Gasteiger partial charge in [0, 0.05) is 16.7 Å². The van der Waals surface area contributed by atoms with Crippen molar-refractivity contribution >= 4 is 17.7 Å². The first kappa shape index (κ1) is 18.1. The van der Waals surface area contributed by atoms with Crippen molar-refractivity contribution in [1.29, 1.82) is 0 Å². The van der Waals surface area contributed by atoms with Gasteiger partial charge in [-0.25, -0.2) is 9.59 Å². The maximum atomic E-state index is 12.8. The number of epoxide rings is 1. The zero-order valence-corrected chi connectivity index (χ0v) is 15.6. The molecule has 0 bridgehead atoms. The van der Waals surface area contributed by atoms with Crippen molar-refractivity contribution in [3.63, 3.8) is 0 Å². The number of aliphatic hydroxyl groups excluding tert-OH is 1. The number of hydrogen-bond acceptors (Lipinski definition) is 7. The highest BCUT2D eigenvalue weighted by Gasteiger charge is 2.74. The summed E-state index contributed by atoms with van der Waals surface area (Å²) in [7, 11) is 0. The number of hydrogen-bond donors (Lipinski definition) is 1. The van der Waals surface area contributed by atoms with Gasteiger partial charge in [0.05, 0.1) is 11.8 Å². The van der Waals surface area contributed by atoms with Crippen LogP contribution in [0.1, 0.15) is 27.7 Å². The van der Waals surface area contributed by atoms with Gasteiger partial charge in [-0.1, -0.05) is 12.7 Å². The average molecular weight is 374 g/mol. The van der Waals surface area contributed by atoms with Crippen LogP contribution in [-0.2, 0) is 28.6 Å². The molecule has 1 saturated carbocycles. The number of rotatable bonds is 2. The summed E-state index contributed by atoms with van der Waals surface area (Å²) in [5.41, 5.74) is 0.567. The molecule has 2 aliphatic heterocycles. The van der Waals surface area contributed by atoms with Gasteiger partial charge in [0.15, 0.2) is 11.9 Å². The Kier molecular flexibility index (Phi) is 3.78. The molecule has 7 nitrogen and oxygen atoms in total. The van der Waals surface area contributed by atoms with Gasteiger partial charge in [0.2, 0.25) is 0 Å². The third-order valence-electron chi connectivity index (χ3n) is 6.39. The number of allylic oxidation sites excluding steroid dienone is 1. The van der Waals surface area contributed by atoms with Gasteiger partial charge >= 0.3 is 11.9 Å². The third-order valence-corrected chi connectivity index (χ3v) is 6.39. The van der Waals surface area contributed by atoms with Gasteiger partial charge in [-0.2, -0.15) is 0 Å². The summed E-state index contributed by atoms with van der Waals surface area (Å²) in [4.78, 5) is 37.4. The lowest BCUT2D eigenvalue weighted by atomic mass is 9.79. The van der Waals surface area contributed by atoms with Crippen LogP contribution in [0, 0.1) is 11.8 Å². The molecule has 7 atom stereocenters. The largest absolute Gasteiger partial charge is 0.457 e. The lowest BCUT2D eigenvalue weighted by molar-refractivity contribution is -0.155. The molecule has 0 aromatic rings. The second kappa shape index (κ2) is 5.62. The summed E-state index contributed by atoms with van der Waals surface area (Å²) in [6, 6.07) is 0. The van der Waals surface area contributed by atoms with Gasteiger partial charge in [-0.15, -0.1) is 0 Å². The molecule has 144 valence electrons. The van der Waals surface area contributed by atoms with Gasteiger partial charge in [-0.05, 0) is 33.3 Å². The predicted octanol–water partition coefficient (Wildman–Crippen LogP) is 1.01. The van der Waals surface area contributed by atoms with Gasteiger partial charge in [0.25, 0.3) is 0 Å². The smallest absolute Gasteiger partial charge is 0.334 e. The Hall–Kier alpha value is -2.25. The molecule has 4 rings (SSSR count). The van der Waals surface area contributed by atoms with Crippen molar-refractivity contribution < 1.29 is 33.7 Å². The summed E-state index contributed by atoms with van der Waals surface area (Å²) in [5, 5.41) is 11.0. The van der Waals surface area contributed by atoms with Gasteiger partial charge < -0.3 is 19.3 Å². The fourth-order valence-corrected chi connectivity index (χ4v) is 4.62. The minimum absolute atomic E-state index is 0.129. The molecule has 0 aromatic carbocycles. The van der Waals surface area contributed by atoms with E-state index in [0.29, 0.717) is 16.7 Å². The summed E-state index contributed by atoms with van der Waals surface area (Å²) in [5.74, 6) is -2.70. The quantitative estimate of drug-likeness (QED) is 0.437. The molecule has 0 aromatic heterocycles. The zero-order valence-electron chi connectivity index (χ0n) is 15.6. The standard InChI is InChI=1S/C20H22O7/c1-6-7(2)18(23)26-16-11-9(4)19(24)25-15(11)12-10(8(3)13(16)21)14(22)17-20(12,5)27-17/h6,11-13,15-17,21H,4H2,1-3,5H3. The molecule has 4 aliphatic rings. The van der Waals surface area contributed by atoms with E-state index in [1.54, 1.807) is 33.8 Å². The molecule has 2 heterocycles. The first-order valence-electron chi connectivity index (χ1n) is 8.98. The van der Waals surface area contributed by atoms with Crippen LogP contribution >= 0.6 is 0 Å². The number of ether oxygens (including phenoxy) is 3. The van der Waals surface area contributed by atoms with Crippen LogP contribution in [0.15, 0.2) is 34.9 Å². The maximum absolute atomic E-state index is 12.8. The summed E-state index contributed by atoms with van der Waals surface area (Å²) >= 11 is 0. The van der Waals surface area contributed by atoms with Crippen LogP contribution in [0.5, 0.6) is 0 Å². The van der Waals surface area contributed by atoms with E-state index in [1.807, 2.05) is 0 Å². The highest BCUT2D eigenvalue weighted by Crippen LogP contribution is 2.60. The van der Waals surface area contributed by atoms with Crippen LogP contribution in [0.25, 0.3) is 0 Å². The number of Topliss-reactive ketones (excluding diaryl/α,β-unsaturated/α-hetero) is 1. The lowest BCUT2D eigenvalue weighted by Crippen LogP contribution is -2.44. The van der Waals surface area contributed by atoms with Crippen molar-refractivity contribution in [3.05, 3.63) is 34.9 Å². The normalized spacial score (nSPS) is 43.0. The van der Waals surface area contributed by atoms with Crippen molar-refractivity contribution in [2.24, 2.45) is 11.8 Å². The Bertz CT molecular complexity index is 850. The Morgan fingerprint density at radius 2 is 2.04 bits per heavy atom. The molecule has 0 amide bonds. The van der Waals surface area contributed by atoms with Crippen LogP contribution in [0.3, 0.4) is 0 Å². The van der Waals surface area contributed by atoms with Crippen LogP contribution in [0.4, 0.5) is 0 Å². The Morgan fingerprint density at radius 3 is 2.67 bits per heavy atom. The second-order valence-electron chi connectivity index (χ2n) is 7.83. The van der Waals surface area contributed by atoms with E-state index in [2.05, 4.69) is 6.58 Å². The van der Waals surface area contributed by atoms with Crippen LogP contribution in [-0.4, -0.2) is 52.8 Å². The predicted molar refractivity (Wildman–Crippen MR) is 92.3 cm³/mol. The van der Waals surface area contributed by atoms with Crippen molar-refractivity contribution in [1.82, 2.24) is 0 Å². The number of carbonyl (C=O) groups excluding carboxylic acids is 3. The number of aliphatic hydroxyl groups is 1. The molecule has 7 heteroatoms. The lowest BCUT2D eigenvalue weighted by Gasteiger charge is -2.30. The molecule has 3 fully saturated rings. The fraction of sp³-hybridized carbons (Fsp3) is 0.550. The fourth-order valence-electron chi connectivity index (χ4n) is 4.62. The van der Waals surface area contributed by atoms with Crippen molar-refractivity contribution in [2.45, 2.75) is 57.7 Å². The molecule has 2 saturated heterocycles. The number of carbonyl (C=O) groups is 3. The molecule has 2 aliphatic carbocycles. The van der Waals surface area contributed by atoms with E-state index in [1.165, 1.54) is 0 Å². The van der Waals surface area contributed by atoms with E-state index in [0.717, 1.165) is 0 Å². The monoisotopic (exact) mass is 374 g/mol. The maximum Gasteiger partial charge on any atom is 0.334 e. The molecule has 27 heavy (non-hydrogen) atoms. The Labute approximate surface area is 156 Å². The molecule has 0 radical (unpaired) electrons. The first-order valence-corrected chi connectivity index (χ1v) is 8.98. The minimum atomic E-state index is -1.25. The first-order chi connectivity index (χ1) is 12.6. The van der Waals surface area contributed by atoms with Crippen LogP contribution < -0.4 is 0 Å². The summed E-state index contributed by atoms with van der Waals surface area (Å²) < 4.78 is 16.7. The number of esters is 2. The summed E-state index contributed by atoms with van der Waals surface area (Å²) in [6.45, 7) is 10.5. The van der Waals surface area contributed by atoms with E-state index in [4.69, 9.17) is 14.2 Å². The highest BCUT2D eigenvalue weighted by molar-refractivity contribution is 6.07. The van der Waals surface area contributed by atoms with Crippen molar-refractivity contribution in [2.75, 3.05) is 0 Å². The van der Waals surface area contributed by atoms with Crippen molar-refractivity contribution in [3.8, 4) is 0 Å². The number of ketones is 1. The zero-order chi connectivity index (χ0) is 19.8. The molecule has 0 spiro atoms. The molecular formula is C20H22O7. The third kappa shape index (κ3) is 2.24. The van der Waals surface area contributed by atoms with E-state index >= 15 is 0 Å². The second-order valence-corrected chi connectivity index (χ2v) is 7.83. The van der Waals surface area contributed by atoms with E-state index < -0.39 is 53.8 Å². The summed E-state index contributed by atoms with van der Waals surface area (Å²) in [6.07, 6.45) is -2.10. The van der Waals surface area contributed by atoms with Gasteiger partial charge in [-0.3, -0.25) is 4.79 Å². The Morgan fingerprint density at radius 1 is 1.37 bits per heavy atom. The Balaban J connectivity index is 1.83. The number of fused-ring (bicyclic) bond motifs is 5. The SMILES string of the molecule is C=C1C(=O)OC2C1C(OC(=O)C(C)=CC)C(O)C(C)=C1C(=O)C3OC3(C)C12. The molecule has 1 N–H and O–H groups in total. The van der Waals surface area contributed by atoms with Crippen LogP contribution in [0.2, 0.25) is 0 Å². The average Bonchev–Trinajstić information content (AvgIpc) is 3.19. The molecular weight excluding hydrogens is 352 g/mol. The topological polar surface area (TPSA) is 102 Å². The van der Waals surface area contributed by atoms with E-state index in [9.17, 15) is 19.5 Å². The minimum Gasteiger partial charge on any atom is -0.457 e. The highest BCUT2D eigenvalue weighted by atomic mass is 16.6. The van der Waals surface area contributed by atoms with E-state index in [-0.39, 0.29) is 11.4 Å². The van der Waals surface area contributed by atoms with Gasteiger partial charge in [0.1, 0.15) is 23.9 Å².